The summed E-state index contributed by atoms with van der Waals surface area (Å²) in [5.41, 5.74) is 3.73. The number of carbonyl (C=O) groups is 1. The third-order valence-electron chi connectivity index (χ3n) is 3.72. The van der Waals surface area contributed by atoms with Crippen molar-refractivity contribution >= 4 is 16.9 Å². The molecule has 3 rings (SSSR count). The minimum absolute atomic E-state index is 0.170. The van der Waals surface area contributed by atoms with Crippen molar-refractivity contribution in [3.05, 3.63) is 64.8 Å². The van der Waals surface area contributed by atoms with Gasteiger partial charge in [-0.15, -0.1) is 0 Å². The van der Waals surface area contributed by atoms with E-state index in [-0.39, 0.29) is 12.4 Å². The van der Waals surface area contributed by atoms with Crippen LogP contribution in [0.4, 0.5) is 0 Å². The molecular formula is C18H17NO3. The molecule has 4 heteroatoms. The average Bonchev–Trinajstić information content (AvgIpc) is 2.81. The van der Waals surface area contributed by atoms with Crippen molar-refractivity contribution in [1.29, 1.82) is 0 Å². The fourth-order valence-electron chi connectivity index (χ4n) is 2.53. The van der Waals surface area contributed by atoms with Gasteiger partial charge in [0.1, 0.15) is 12.4 Å². The van der Waals surface area contributed by atoms with Gasteiger partial charge in [-0.05, 0) is 37.1 Å². The van der Waals surface area contributed by atoms with Gasteiger partial charge in [0.2, 0.25) is 0 Å². The van der Waals surface area contributed by atoms with E-state index in [1.165, 1.54) is 0 Å². The molecule has 1 aromatic heterocycles. The number of esters is 1. The molecule has 0 aliphatic rings. The number of rotatable bonds is 3. The number of aromatic amines is 1. The lowest BCUT2D eigenvalue weighted by Crippen LogP contribution is -2.06. The number of aromatic nitrogens is 1. The number of H-pyrrole nitrogens is 1. The Morgan fingerprint density at radius 3 is 2.64 bits per heavy atom. The quantitative estimate of drug-likeness (QED) is 0.721. The molecule has 0 saturated heterocycles. The number of phenolic OH excluding ortho intramolecular Hbond substituents is 1. The number of fused-ring (bicyclic) bond motifs is 1. The molecule has 0 unspecified atom stereocenters. The number of hydrogen-bond donors (Lipinski definition) is 2. The van der Waals surface area contributed by atoms with Gasteiger partial charge >= 0.3 is 5.97 Å². The first-order valence-corrected chi connectivity index (χ1v) is 7.09. The van der Waals surface area contributed by atoms with E-state index in [1.54, 1.807) is 6.07 Å². The van der Waals surface area contributed by atoms with Crippen molar-refractivity contribution in [2.45, 2.75) is 20.5 Å². The van der Waals surface area contributed by atoms with Gasteiger partial charge in [-0.25, -0.2) is 4.79 Å². The summed E-state index contributed by atoms with van der Waals surface area (Å²) in [5, 5.41) is 10.6. The van der Waals surface area contributed by atoms with Crippen molar-refractivity contribution in [2.75, 3.05) is 0 Å². The first-order valence-electron chi connectivity index (χ1n) is 7.09. The Morgan fingerprint density at radius 1 is 1.18 bits per heavy atom. The summed E-state index contributed by atoms with van der Waals surface area (Å²) in [7, 11) is 0. The van der Waals surface area contributed by atoms with E-state index in [4.69, 9.17) is 4.74 Å². The first kappa shape index (κ1) is 14.2. The molecule has 0 amide bonds. The lowest BCUT2D eigenvalue weighted by atomic mass is 10.1. The monoisotopic (exact) mass is 295 g/mol. The molecule has 2 N–H and O–H groups in total. The molecule has 0 aliphatic heterocycles. The van der Waals surface area contributed by atoms with Gasteiger partial charge in [-0.1, -0.05) is 30.3 Å². The number of hydrogen-bond acceptors (Lipinski definition) is 3. The Labute approximate surface area is 128 Å². The van der Waals surface area contributed by atoms with Crippen molar-refractivity contribution in [1.82, 2.24) is 4.98 Å². The Bertz CT molecular complexity index is 834. The molecule has 0 fully saturated rings. The number of nitrogens with one attached hydrogen (secondary N) is 1. The summed E-state index contributed by atoms with van der Waals surface area (Å²) in [6.45, 7) is 3.87. The molecule has 0 atom stereocenters. The summed E-state index contributed by atoms with van der Waals surface area (Å²) in [5.74, 6) is -0.223. The van der Waals surface area contributed by atoms with Gasteiger partial charge in [0.05, 0.1) is 5.56 Å². The number of ether oxygens (including phenoxy) is 1. The van der Waals surface area contributed by atoms with E-state index < -0.39 is 5.97 Å². The minimum atomic E-state index is -0.393. The van der Waals surface area contributed by atoms with E-state index in [2.05, 4.69) is 4.98 Å². The Kier molecular flexibility index (Phi) is 3.59. The first-order chi connectivity index (χ1) is 10.6. The molecule has 2 aromatic carbocycles. The summed E-state index contributed by atoms with van der Waals surface area (Å²) in [4.78, 5) is 15.5. The zero-order valence-corrected chi connectivity index (χ0v) is 12.5. The van der Waals surface area contributed by atoms with E-state index >= 15 is 0 Å². The van der Waals surface area contributed by atoms with Crippen molar-refractivity contribution < 1.29 is 14.6 Å². The van der Waals surface area contributed by atoms with Gasteiger partial charge in [0.25, 0.3) is 0 Å². The fourth-order valence-corrected chi connectivity index (χ4v) is 2.53. The van der Waals surface area contributed by atoms with Gasteiger partial charge in [-0.2, -0.15) is 0 Å². The Hall–Kier alpha value is -2.75. The van der Waals surface area contributed by atoms with E-state index in [9.17, 15) is 9.90 Å². The maximum absolute atomic E-state index is 12.4. The highest BCUT2D eigenvalue weighted by Crippen LogP contribution is 2.29. The van der Waals surface area contributed by atoms with E-state index in [0.29, 0.717) is 10.9 Å². The summed E-state index contributed by atoms with van der Waals surface area (Å²) >= 11 is 0. The van der Waals surface area contributed by atoms with Crippen LogP contribution in [-0.2, 0) is 11.3 Å². The van der Waals surface area contributed by atoms with Crippen molar-refractivity contribution in [3.8, 4) is 5.75 Å². The standard InChI is InChI=1S/C18H17NO3/c1-11-8-15-14(9-16(11)20)17(12(2)19-15)18(21)22-10-13-6-4-3-5-7-13/h3-9,19-20H,10H2,1-2H3. The van der Waals surface area contributed by atoms with Crippen LogP contribution in [-0.4, -0.2) is 16.1 Å². The van der Waals surface area contributed by atoms with Gasteiger partial charge in [-0.3, -0.25) is 0 Å². The SMILES string of the molecule is Cc1cc2[nH]c(C)c(C(=O)OCc3ccccc3)c2cc1O. The van der Waals surface area contributed by atoms with E-state index in [0.717, 1.165) is 22.3 Å². The molecule has 0 spiro atoms. The zero-order valence-electron chi connectivity index (χ0n) is 12.5. The molecule has 0 aliphatic carbocycles. The maximum atomic E-state index is 12.4. The second-order valence-electron chi connectivity index (χ2n) is 5.37. The molecule has 3 aromatic rings. The Morgan fingerprint density at radius 2 is 1.91 bits per heavy atom. The third kappa shape index (κ3) is 2.55. The second kappa shape index (κ2) is 5.56. The molecule has 0 radical (unpaired) electrons. The van der Waals surface area contributed by atoms with Crippen LogP contribution >= 0.6 is 0 Å². The van der Waals surface area contributed by atoms with Gasteiger partial charge < -0.3 is 14.8 Å². The molecule has 22 heavy (non-hydrogen) atoms. The lowest BCUT2D eigenvalue weighted by molar-refractivity contribution is 0.0474. The van der Waals surface area contributed by atoms with Crippen LogP contribution in [0.1, 0.15) is 27.2 Å². The smallest absolute Gasteiger partial charge is 0.340 e. The highest BCUT2D eigenvalue weighted by molar-refractivity contribution is 6.06. The van der Waals surface area contributed by atoms with Crippen LogP contribution in [0.2, 0.25) is 0 Å². The predicted octanol–water partition coefficient (Wildman–Crippen LogP) is 3.85. The summed E-state index contributed by atoms with van der Waals surface area (Å²) in [6.07, 6.45) is 0. The summed E-state index contributed by atoms with van der Waals surface area (Å²) < 4.78 is 5.39. The van der Waals surface area contributed by atoms with Crippen LogP contribution in [0.3, 0.4) is 0 Å². The Balaban J connectivity index is 1.90. The minimum Gasteiger partial charge on any atom is -0.508 e. The average molecular weight is 295 g/mol. The third-order valence-corrected chi connectivity index (χ3v) is 3.72. The van der Waals surface area contributed by atoms with Gasteiger partial charge in [0.15, 0.2) is 0 Å². The van der Waals surface area contributed by atoms with E-state index in [1.807, 2.05) is 50.2 Å². The molecule has 0 bridgehead atoms. The predicted molar refractivity (Wildman–Crippen MR) is 85.0 cm³/mol. The van der Waals surface area contributed by atoms with Crippen molar-refractivity contribution in [2.24, 2.45) is 0 Å². The molecule has 1 heterocycles. The number of aromatic hydroxyl groups is 1. The molecule has 0 saturated carbocycles. The highest BCUT2D eigenvalue weighted by Gasteiger charge is 2.18. The fraction of sp³-hybridized carbons (Fsp3) is 0.167. The molecule has 4 nitrogen and oxygen atoms in total. The lowest BCUT2D eigenvalue weighted by Gasteiger charge is -2.05. The van der Waals surface area contributed by atoms with Crippen LogP contribution in [0.25, 0.3) is 10.9 Å². The van der Waals surface area contributed by atoms with Gasteiger partial charge in [0, 0.05) is 16.6 Å². The van der Waals surface area contributed by atoms with Crippen molar-refractivity contribution in [3.63, 3.8) is 0 Å². The van der Waals surface area contributed by atoms with Crippen LogP contribution in [0.15, 0.2) is 42.5 Å². The topological polar surface area (TPSA) is 62.3 Å². The second-order valence-corrected chi connectivity index (χ2v) is 5.37. The molecule has 112 valence electrons. The number of phenols is 1. The van der Waals surface area contributed by atoms with Crippen LogP contribution in [0, 0.1) is 13.8 Å². The normalized spacial score (nSPS) is 10.8. The highest BCUT2D eigenvalue weighted by atomic mass is 16.5. The van der Waals surface area contributed by atoms with Crippen LogP contribution in [0.5, 0.6) is 5.75 Å². The zero-order chi connectivity index (χ0) is 15.7. The largest absolute Gasteiger partial charge is 0.508 e. The van der Waals surface area contributed by atoms with Crippen LogP contribution < -0.4 is 0 Å². The number of benzene rings is 2. The number of carbonyl (C=O) groups excluding carboxylic acids is 1. The molecular weight excluding hydrogens is 278 g/mol. The number of aryl methyl sites for hydroxylation is 2. The summed E-state index contributed by atoms with van der Waals surface area (Å²) in [6, 6.07) is 13.0. The maximum Gasteiger partial charge on any atom is 0.340 e.